The lowest BCUT2D eigenvalue weighted by Gasteiger charge is -2.28. The molecule has 0 spiro atoms. The van der Waals surface area contributed by atoms with Crippen LogP contribution < -0.4 is 14.8 Å². The maximum atomic E-state index is 9.39. The third-order valence-electron chi connectivity index (χ3n) is 3.40. The van der Waals surface area contributed by atoms with E-state index in [0.717, 1.165) is 37.3 Å². The maximum Gasteiger partial charge on any atom is 0.119 e. The Kier molecular flexibility index (Phi) is 7.41. The third kappa shape index (κ3) is 5.80. The van der Waals surface area contributed by atoms with Gasteiger partial charge in [0.2, 0.25) is 0 Å². The molecule has 1 atom stereocenters. The van der Waals surface area contributed by atoms with E-state index in [0.29, 0.717) is 6.61 Å². The highest BCUT2D eigenvalue weighted by Gasteiger charge is 2.20. The summed E-state index contributed by atoms with van der Waals surface area (Å²) in [7, 11) is 1.65. The molecular formula is C16H27NO3. The number of ether oxygens (including phenoxy) is 2. The predicted molar refractivity (Wildman–Crippen MR) is 81.5 cm³/mol. The van der Waals surface area contributed by atoms with Crippen molar-refractivity contribution in [3.63, 3.8) is 0 Å². The van der Waals surface area contributed by atoms with Crippen LogP contribution in [0.1, 0.15) is 33.1 Å². The summed E-state index contributed by atoms with van der Waals surface area (Å²) in [5, 5.41) is 12.7. The topological polar surface area (TPSA) is 50.7 Å². The molecule has 0 aliphatic rings. The number of nitrogens with one attached hydrogen (secondary N) is 1. The first-order valence-corrected chi connectivity index (χ1v) is 7.26. The zero-order chi connectivity index (χ0) is 14.8. The zero-order valence-electron chi connectivity index (χ0n) is 12.8. The average Bonchev–Trinajstić information content (AvgIpc) is 2.48. The van der Waals surface area contributed by atoms with Gasteiger partial charge in [-0.05, 0) is 57.0 Å². The second kappa shape index (κ2) is 8.82. The fraction of sp³-hybridized carbons (Fsp3) is 0.625. The summed E-state index contributed by atoms with van der Waals surface area (Å²) in [4.78, 5) is 0. The molecular weight excluding hydrogens is 254 g/mol. The molecule has 0 radical (unpaired) electrons. The van der Waals surface area contributed by atoms with Crippen LogP contribution >= 0.6 is 0 Å². The van der Waals surface area contributed by atoms with E-state index in [4.69, 9.17) is 9.47 Å². The summed E-state index contributed by atoms with van der Waals surface area (Å²) in [5.74, 6) is 1.70. The van der Waals surface area contributed by atoms with Crippen molar-refractivity contribution in [2.45, 2.75) is 38.6 Å². The highest BCUT2D eigenvalue weighted by atomic mass is 16.5. The van der Waals surface area contributed by atoms with E-state index < -0.39 is 0 Å². The SMILES string of the molecule is CCNC(C)(CO)CCCCOc1ccc(OC)cc1. The van der Waals surface area contributed by atoms with Crippen molar-refractivity contribution in [1.82, 2.24) is 5.32 Å². The van der Waals surface area contributed by atoms with E-state index in [1.54, 1.807) is 7.11 Å². The zero-order valence-corrected chi connectivity index (χ0v) is 12.8. The summed E-state index contributed by atoms with van der Waals surface area (Å²) in [6, 6.07) is 7.61. The Labute approximate surface area is 122 Å². The number of benzene rings is 1. The van der Waals surface area contributed by atoms with Gasteiger partial charge in [-0.3, -0.25) is 0 Å². The molecule has 4 nitrogen and oxygen atoms in total. The quantitative estimate of drug-likeness (QED) is 0.647. The summed E-state index contributed by atoms with van der Waals surface area (Å²) >= 11 is 0. The van der Waals surface area contributed by atoms with Crippen molar-refractivity contribution in [1.29, 1.82) is 0 Å². The van der Waals surface area contributed by atoms with Gasteiger partial charge >= 0.3 is 0 Å². The van der Waals surface area contributed by atoms with Crippen LogP contribution in [0.4, 0.5) is 0 Å². The minimum absolute atomic E-state index is 0.167. The van der Waals surface area contributed by atoms with Gasteiger partial charge in [0.15, 0.2) is 0 Å². The minimum atomic E-state index is -0.172. The fourth-order valence-electron chi connectivity index (χ4n) is 2.13. The molecule has 0 fully saturated rings. The Morgan fingerprint density at radius 2 is 1.80 bits per heavy atom. The Hall–Kier alpha value is -1.26. The predicted octanol–water partition coefficient (Wildman–Crippen LogP) is 2.60. The second-order valence-corrected chi connectivity index (χ2v) is 5.23. The molecule has 0 saturated heterocycles. The second-order valence-electron chi connectivity index (χ2n) is 5.23. The monoisotopic (exact) mass is 281 g/mol. The first-order valence-electron chi connectivity index (χ1n) is 7.26. The Morgan fingerprint density at radius 1 is 1.15 bits per heavy atom. The molecule has 1 rings (SSSR count). The van der Waals surface area contributed by atoms with Gasteiger partial charge in [-0.2, -0.15) is 0 Å². The number of hydrogen-bond acceptors (Lipinski definition) is 4. The molecule has 0 bridgehead atoms. The number of aliphatic hydroxyl groups is 1. The van der Waals surface area contributed by atoms with Gasteiger partial charge in [-0.25, -0.2) is 0 Å². The van der Waals surface area contributed by atoms with Crippen LogP contribution in [-0.4, -0.2) is 37.5 Å². The molecule has 0 saturated carbocycles. The molecule has 0 aliphatic heterocycles. The molecule has 114 valence electrons. The van der Waals surface area contributed by atoms with Crippen LogP contribution in [0.15, 0.2) is 24.3 Å². The number of unbranched alkanes of at least 4 members (excludes halogenated alkanes) is 1. The van der Waals surface area contributed by atoms with Crippen molar-refractivity contribution < 1.29 is 14.6 Å². The standard InChI is InChI=1S/C16H27NO3/c1-4-17-16(2,13-18)11-5-6-12-20-15-9-7-14(19-3)8-10-15/h7-10,17-18H,4-6,11-13H2,1-3H3. The largest absolute Gasteiger partial charge is 0.497 e. The molecule has 0 heterocycles. The van der Waals surface area contributed by atoms with Crippen molar-refractivity contribution >= 4 is 0 Å². The first kappa shape index (κ1) is 16.8. The Morgan fingerprint density at radius 3 is 2.35 bits per heavy atom. The van der Waals surface area contributed by atoms with Crippen LogP contribution in [-0.2, 0) is 0 Å². The van der Waals surface area contributed by atoms with E-state index in [2.05, 4.69) is 19.2 Å². The highest BCUT2D eigenvalue weighted by molar-refractivity contribution is 5.31. The number of aliphatic hydroxyl groups excluding tert-OH is 1. The molecule has 1 unspecified atom stereocenters. The van der Waals surface area contributed by atoms with Crippen LogP contribution in [0.25, 0.3) is 0 Å². The van der Waals surface area contributed by atoms with Crippen molar-refractivity contribution in [2.24, 2.45) is 0 Å². The van der Waals surface area contributed by atoms with Crippen molar-refractivity contribution in [2.75, 3.05) is 26.9 Å². The average molecular weight is 281 g/mol. The van der Waals surface area contributed by atoms with Crippen molar-refractivity contribution in [3.8, 4) is 11.5 Å². The summed E-state index contributed by atoms with van der Waals surface area (Å²) in [5.41, 5.74) is -0.172. The van der Waals surface area contributed by atoms with E-state index in [9.17, 15) is 5.11 Å². The smallest absolute Gasteiger partial charge is 0.119 e. The van der Waals surface area contributed by atoms with E-state index in [1.807, 2.05) is 24.3 Å². The lowest BCUT2D eigenvalue weighted by atomic mass is 9.96. The highest BCUT2D eigenvalue weighted by Crippen LogP contribution is 2.18. The van der Waals surface area contributed by atoms with Crippen LogP contribution in [0.2, 0.25) is 0 Å². The maximum absolute atomic E-state index is 9.39. The minimum Gasteiger partial charge on any atom is -0.497 e. The van der Waals surface area contributed by atoms with Gasteiger partial charge in [0, 0.05) is 5.54 Å². The summed E-state index contributed by atoms with van der Waals surface area (Å²) in [6.45, 7) is 5.85. The molecule has 2 N–H and O–H groups in total. The van der Waals surface area contributed by atoms with Crippen LogP contribution in [0.5, 0.6) is 11.5 Å². The van der Waals surface area contributed by atoms with Gasteiger partial charge in [-0.1, -0.05) is 6.92 Å². The van der Waals surface area contributed by atoms with Gasteiger partial charge in [0.25, 0.3) is 0 Å². The van der Waals surface area contributed by atoms with Gasteiger partial charge in [-0.15, -0.1) is 0 Å². The molecule has 1 aromatic rings. The van der Waals surface area contributed by atoms with E-state index in [-0.39, 0.29) is 12.1 Å². The molecule has 0 amide bonds. The summed E-state index contributed by atoms with van der Waals surface area (Å²) in [6.07, 6.45) is 2.95. The number of methoxy groups -OCH3 is 1. The molecule has 0 aromatic heterocycles. The molecule has 0 aliphatic carbocycles. The molecule has 1 aromatic carbocycles. The first-order chi connectivity index (χ1) is 9.63. The van der Waals surface area contributed by atoms with Gasteiger partial charge in [0.05, 0.1) is 20.3 Å². The number of hydrogen-bond donors (Lipinski definition) is 2. The Balaban J connectivity index is 2.21. The van der Waals surface area contributed by atoms with Gasteiger partial charge < -0.3 is 19.9 Å². The molecule has 4 heteroatoms. The van der Waals surface area contributed by atoms with Crippen LogP contribution in [0, 0.1) is 0 Å². The summed E-state index contributed by atoms with van der Waals surface area (Å²) < 4.78 is 10.8. The number of likely N-dealkylation sites (N-methyl/N-ethyl adjacent to an activating group) is 1. The fourth-order valence-corrected chi connectivity index (χ4v) is 2.13. The van der Waals surface area contributed by atoms with Gasteiger partial charge in [0.1, 0.15) is 11.5 Å². The third-order valence-corrected chi connectivity index (χ3v) is 3.40. The Bertz CT molecular complexity index is 366. The normalized spacial score (nSPS) is 13.8. The van der Waals surface area contributed by atoms with Crippen molar-refractivity contribution in [3.05, 3.63) is 24.3 Å². The molecule has 20 heavy (non-hydrogen) atoms. The van der Waals surface area contributed by atoms with E-state index in [1.165, 1.54) is 0 Å². The lowest BCUT2D eigenvalue weighted by molar-refractivity contribution is 0.162. The lowest BCUT2D eigenvalue weighted by Crippen LogP contribution is -2.45. The number of rotatable bonds is 10. The van der Waals surface area contributed by atoms with Crippen LogP contribution in [0.3, 0.4) is 0 Å². The van der Waals surface area contributed by atoms with E-state index >= 15 is 0 Å².